The Labute approximate surface area is 164 Å². The first-order chi connectivity index (χ1) is 13.5. The van der Waals surface area contributed by atoms with Gasteiger partial charge >= 0.3 is 12.1 Å². The number of hydrogen-bond donors (Lipinski definition) is 1. The highest BCUT2D eigenvalue weighted by Crippen LogP contribution is 2.14. The molecule has 0 unspecified atom stereocenters. The lowest BCUT2D eigenvalue weighted by atomic mass is 10.1. The van der Waals surface area contributed by atoms with E-state index in [9.17, 15) is 14.4 Å². The monoisotopic (exact) mass is 387 g/mol. The average molecular weight is 387 g/mol. The number of fused-ring (bicyclic) bond motifs is 1. The summed E-state index contributed by atoms with van der Waals surface area (Å²) in [7, 11) is 1.51. The smallest absolute Gasteiger partial charge is 0.407 e. The van der Waals surface area contributed by atoms with Crippen molar-refractivity contribution in [3.8, 4) is 0 Å². The fourth-order valence-electron chi connectivity index (χ4n) is 1.97. The predicted molar refractivity (Wildman–Crippen MR) is 106 cm³/mol. The van der Waals surface area contributed by atoms with E-state index in [1.165, 1.54) is 12.5 Å². The van der Waals surface area contributed by atoms with Gasteiger partial charge in [-0.05, 0) is 23.8 Å². The second kappa shape index (κ2) is 13.1. The molecule has 7 heteroatoms. The fraction of sp³-hybridized carbons (Fsp3) is 0.286. The molecule has 28 heavy (non-hydrogen) atoms. The van der Waals surface area contributed by atoms with E-state index in [-0.39, 0.29) is 19.8 Å². The number of methoxy groups -OCH3 is 1. The van der Waals surface area contributed by atoms with E-state index in [1.54, 1.807) is 6.92 Å². The molecule has 0 aliphatic rings. The molecule has 7 nitrogen and oxygen atoms in total. The molecule has 0 aliphatic heterocycles. The molecular formula is C21H25NO6. The summed E-state index contributed by atoms with van der Waals surface area (Å²) in [5.41, 5.74) is 1.05. The summed E-state index contributed by atoms with van der Waals surface area (Å²) in [5, 5.41) is 4.69. The molecule has 0 fully saturated rings. The standard InChI is InChI=1S/C11H8O.C10H17NO5/c12-8-9-5-6-10-3-1-2-4-11(10)7-9;1-8(2)9(12)15-5-4-11-10(13)16-7-6-14-3/h1-8H;1,4-7H2,2-3H3,(H,11,13). The molecule has 150 valence electrons. The van der Waals surface area contributed by atoms with Gasteiger partial charge in [0.25, 0.3) is 0 Å². The Hall–Kier alpha value is -3.19. The van der Waals surface area contributed by atoms with E-state index >= 15 is 0 Å². The highest BCUT2D eigenvalue weighted by Gasteiger charge is 2.04. The quantitative estimate of drug-likeness (QED) is 0.324. The number of nitrogens with one attached hydrogen (secondary N) is 1. The minimum atomic E-state index is -0.566. The first-order valence-corrected chi connectivity index (χ1v) is 8.64. The summed E-state index contributed by atoms with van der Waals surface area (Å²) in [6.45, 7) is 5.79. The minimum absolute atomic E-state index is 0.0884. The molecule has 2 aromatic rings. The van der Waals surface area contributed by atoms with Crippen molar-refractivity contribution >= 4 is 29.1 Å². The summed E-state index contributed by atoms with van der Waals surface area (Å²) >= 11 is 0. The van der Waals surface area contributed by atoms with E-state index < -0.39 is 12.1 Å². The van der Waals surface area contributed by atoms with Crippen molar-refractivity contribution in [3.63, 3.8) is 0 Å². The van der Waals surface area contributed by atoms with Gasteiger partial charge in [0, 0.05) is 18.2 Å². The number of alkyl carbamates (subject to hydrolysis) is 1. The average Bonchev–Trinajstić information content (AvgIpc) is 2.71. The van der Waals surface area contributed by atoms with Gasteiger partial charge in [0.2, 0.25) is 0 Å². The molecule has 1 N–H and O–H groups in total. The van der Waals surface area contributed by atoms with E-state index in [0.717, 1.165) is 17.2 Å². The number of ether oxygens (including phenoxy) is 3. The number of benzene rings is 2. The van der Waals surface area contributed by atoms with Crippen LogP contribution in [0.25, 0.3) is 10.8 Å². The van der Waals surface area contributed by atoms with Crippen LogP contribution in [0.15, 0.2) is 54.6 Å². The number of esters is 1. The van der Waals surface area contributed by atoms with E-state index in [2.05, 4.69) is 11.9 Å². The Balaban J connectivity index is 0.000000289. The largest absolute Gasteiger partial charge is 0.460 e. The van der Waals surface area contributed by atoms with Crippen LogP contribution in [0.3, 0.4) is 0 Å². The summed E-state index contributed by atoms with van der Waals surface area (Å²) < 4.78 is 14.1. The Bertz CT molecular complexity index is 802. The first-order valence-electron chi connectivity index (χ1n) is 8.64. The molecule has 0 saturated carbocycles. The van der Waals surface area contributed by atoms with Crippen molar-refractivity contribution in [3.05, 3.63) is 60.2 Å². The molecule has 0 spiro atoms. The normalized spacial score (nSPS) is 9.64. The minimum Gasteiger partial charge on any atom is -0.460 e. The van der Waals surface area contributed by atoms with Crippen molar-refractivity contribution in [2.24, 2.45) is 0 Å². The second-order valence-corrected chi connectivity index (χ2v) is 5.70. The van der Waals surface area contributed by atoms with Crippen LogP contribution < -0.4 is 5.32 Å². The van der Waals surface area contributed by atoms with Crippen molar-refractivity contribution in [1.82, 2.24) is 5.32 Å². The summed E-state index contributed by atoms with van der Waals surface area (Å²) in [5.74, 6) is -0.477. The summed E-state index contributed by atoms with van der Waals surface area (Å²) in [6, 6.07) is 13.7. The number of amides is 1. The maximum atomic E-state index is 10.9. The van der Waals surface area contributed by atoms with Crippen LogP contribution in [0.2, 0.25) is 0 Å². The van der Waals surface area contributed by atoms with Gasteiger partial charge in [-0.1, -0.05) is 43.0 Å². The molecular weight excluding hydrogens is 362 g/mol. The Morgan fingerprint density at radius 2 is 1.75 bits per heavy atom. The van der Waals surface area contributed by atoms with E-state index in [4.69, 9.17) is 14.2 Å². The van der Waals surface area contributed by atoms with Gasteiger partial charge in [-0.2, -0.15) is 0 Å². The van der Waals surface area contributed by atoms with Gasteiger partial charge in [0.05, 0.1) is 13.2 Å². The highest BCUT2D eigenvalue weighted by molar-refractivity contribution is 5.88. The topological polar surface area (TPSA) is 90.9 Å². The van der Waals surface area contributed by atoms with E-state index in [1.807, 2.05) is 42.5 Å². The molecule has 0 radical (unpaired) electrons. The van der Waals surface area contributed by atoms with Crippen molar-refractivity contribution in [2.75, 3.05) is 33.5 Å². The lowest BCUT2D eigenvalue weighted by molar-refractivity contribution is -0.138. The SMILES string of the molecule is C=C(C)C(=O)OCCNC(=O)OCCOC.O=Cc1ccc2ccccc2c1. The zero-order valence-electron chi connectivity index (χ0n) is 16.1. The molecule has 2 rings (SSSR count). The van der Waals surface area contributed by atoms with Crippen LogP contribution in [-0.2, 0) is 19.0 Å². The number of carbonyl (C=O) groups excluding carboxylic acids is 3. The van der Waals surface area contributed by atoms with Gasteiger partial charge < -0.3 is 19.5 Å². The van der Waals surface area contributed by atoms with Crippen LogP contribution >= 0.6 is 0 Å². The number of carbonyl (C=O) groups is 3. The molecule has 0 atom stereocenters. The molecule has 0 heterocycles. The summed E-state index contributed by atoms with van der Waals surface area (Å²) in [4.78, 5) is 32.3. The second-order valence-electron chi connectivity index (χ2n) is 5.70. The zero-order valence-corrected chi connectivity index (χ0v) is 16.1. The van der Waals surface area contributed by atoms with Crippen LogP contribution in [0, 0.1) is 0 Å². The van der Waals surface area contributed by atoms with Gasteiger partial charge in [0.15, 0.2) is 0 Å². The maximum Gasteiger partial charge on any atom is 0.407 e. The molecule has 0 bridgehead atoms. The Kier molecular flexibility index (Phi) is 10.7. The molecule has 0 saturated heterocycles. The first kappa shape index (κ1) is 22.9. The van der Waals surface area contributed by atoms with Crippen LogP contribution in [0.4, 0.5) is 4.79 Å². The molecule has 1 amide bonds. The molecule has 2 aromatic carbocycles. The Morgan fingerprint density at radius 3 is 2.39 bits per heavy atom. The third-order valence-corrected chi connectivity index (χ3v) is 3.38. The van der Waals surface area contributed by atoms with Gasteiger partial charge in [-0.15, -0.1) is 0 Å². The number of rotatable bonds is 8. The number of hydrogen-bond acceptors (Lipinski definition) is 6. The van der Waals surface area contributed by atoms with Crippen LogP contribution in [0.1, 0.15) is 17.3 Å². The highest BCUT2D eigenvalue weighted by atomic mass is 16.6. The maximum absolute atomic E-state index is 10.9. The van der Waals surface area contributed by atoms with Gasteiger partial charge in [-0.3, -0.25) is 4.79 Å². The Morgan fingerprint density at radius 1 is 1.04 bits per heavy atom. The van der Waals surface area contributed by atoms with Crippen LogP contribution in [0.5, 0.6) is 0 Å². The number of aldehydes is 1. The third-order valence-electron chi connectivity index (χ3n) is 3.38. The molecule has 0 aromatic heterocycles. The zero-order chi connectivity index (χ0) is 20.8. The van der Waals surface area contributed by atoms with Crippen molar-refractivity contribution in [2.45, 2.75) is 6.92 Å². The van der Waals surface area contributed by atoms with Gasteiger partial charge in [-0.25, -0.2) is 9.59 Å². The fourth-order valence-corrected chi connectivity index (χ4v) is 1.97. The van der Waals surface area contributed by atoms with E-state index in [0.29, 0.717) is 12.2 Å². The lowest BCUT2D eigenvalue weighted by Gasteiger charge is -2.07. The third kappa shape index (κ3) is 8.95. The van der Waals surface area contributed by atoms with Gasteiger partial charge in [0.1, 0.15) is 19.5 Å². The summed E-state index contributed by atoms with van der Waals surface area (Å²) in [6.07, 6.45) is 0.301. The predicted octanol–water partition coefficient (Wildman–Crippen LogP) is 3.13. The van der Waals surface area contributed by atoms with Crippen molar-refractivity contribution < 1.29 is 28.6 Å². The molecule has 0 aliphatic carbocycles. The van der Waals surface area contributed by atoms with Crippen LogP contribution in [-0.4, -0.2) is 51.8 Å². The lowest BCUT2D eigenvalue weighted by Crippen LogP contribution is -2.29. The van der Waals surface area contributed by atoms with Crippen molar-refractivity contribution in [1.29, 1.82) is 0 Å².